The van der Waals surface area contributed by atoms with E-state index in [2.05, 4.69) is 15.5 Å². The van der Waals surface area contributed by atoms with E-state index in [1.807, 2.05) is 35.7 Å². The summed E-state index contributed by atoms with van der Waals surface area (Å²) in [5.74, 6) is -1.54. The van der Waals surface area contributed by atoms with E-state index in [0.717, 1.165) is 23.4 Å². The van der Waals surface area contributed by atoms with Gasteiger partial charge < -0.3 is 4.74 Å². The summed E-state index contributed by atoms with van der Waals surface area (Å²) in [5.41, 5.74) is 4.77. The second kappa shape index (κ2) is 7.18. The Morgan fingerprint density at radius 2 is 2.00 bits per heavy atom. The third-order valence-electron chi connectivity index (χ3n) is 3.18. The fourth-order valence-electron chi connectivity index (χ4n) is 2.12. The summed E-state index contributed by atoms with van der Waals surface area (Å²) in [4.78, 5) is 4.40. The van der Waals surface area contributed by atoms with Gasteiger partial charge in [-0.1, -0.05) is 30.3 Å². The van der Waals surface area contributed by atoms with Gasteiger partial charge in [-0.3, -0.25) is 5.43 Å². The van der Waals surface area contributed by atoms with E-state index in [4.69, 9.17) is 4.74 Å². The number of hydrogen-bond acceptors (Lipinski definition) is 5. The Labute approximate surface area is 141 Å². The van der Waals surface area contributed by atoms with Crippen LogP contribution in [-0.2, 0) is 0 Å². The van der Waals surface area contributed by atoms with E-state index in [9.17, 15) is 8.78 Å². The average Bonchev–Trinajstić information content (AvgIpc) is 3.04. The number of halogens is 2. The number of methoxy groups -OCH3 is 1. The highest BCUT2D eigenvalue weighted by Crippen LogP contribution is 2.25. The first-order chi connectivity index (χ1) is 11.7. The number of thiazole rings is 1. The van der Waals surface area contributed by atoms with E-state index >= 15 is 0 Å². The van der Waals surface area contributed by atoms with Gasteiger partial charge >= 0.3 is 0 Å². The Morgan fingerprint density at radius 1 is 1.21 bits per heavy atom. The van der Waals surface area contributed by atoms with Crippen molar-refractivity contribution in [1.29, 1.82) is 0 Å². The number of hydrazone groups is 1. The maximum Gasteiger partial charge on any atom is 0.203 e. The number of nitrogens with one attached hydrogen (secondary N) is 1. The molecule has 0 fully saturated rings. The Balaban J connectivity index is 1.75. The van der Waals surface area contributed by atoms with Gasteiger partial charge in [0.05, 0.1) is 19.0 Å². The van der Waals surface area contributed by atoms with E-state index in [1.54, 1.807) is 0 Å². The predicted molar refractivity (Wildman–Crippen MR) is 91.7 cm³/mol. The van der Waals surface area contributed by atoms with E-state index in [-0.39, 0.29) is 11.3 Å². The Kier molecular flexibility index (Phi) is 4.81. The number of anilines is 1. The standard InChI is InChI=1S/C17H13F2N3OS/c1-23-16-12(7-13(18)8-14(16)19)9-20-22-17-21-15(10-24-17)11-5-3-2-4-6-11/h2-10H,1H3,(H,21,22). The zero-order valence-corrected chi connectivity index (χ0v) is 13.5. The van der Waals surface area contributed by atoms with Crippen LogP contribution >= 0.6 is 11.3 Å². The number of nitrogens with zero attached hydrogens (tertiary/aromatic N) is 2. The Morgan fingerprint density at radius 3 is 2.75 bits per heavy atom. The lowest BCUT2D eigenvalue weighted by atomic mass is 10.2. The zero-order chi connectivity index (χ0) is 16.9. The van der Waals surface area contributed by atoms with E-state index in [1.165, 1.54) is 24.7 Å². The molecule has 0 saturated heterocycles. The van der Waals surface area contributed by atoms with Crippen LogP contribution in [0.4, 0.5) is 13.9 Å². The van der Waals surface area contributed by atoms with Crippen molar-refractivity contribution in [3.63, 3.8) is 0 Å². The molecule has 3 rings (SSSR count). The van der Waals surface area contributed by atoms with Crippen LogP contribution in [0.25, 0.3) is 11.3 Å². The highest BCUT2D eigenvalue weighted by atomic mass is 32.1. The summed E-state index contributed by atoms with van der Waals surface area (Å²) in [6.07, 6.45) is 1.29. The van der Waals surface area contributed by atoms with Gasteiger partial charge in [0.1, 0.15) is 5.82 Å². The van der Waals surface area contributed by atoms with Crippen LogP contribution in [0, 0.1) is 11.6 Å². The Hall–Kier alpha value is -2.80. The minimum atomic E-state index is -0.778. The third-order valence-corrected chi connectivity index (χ3v) is 3.93. The maximum absolute atomic E-state index is 13.6. The zero-order valence-electron chi connectivity index (χ0n) is 12.7. The fourth-order valence-corrected chi connectivity index (χ4v) is 2.78. The number of hydrogen-bond donors (Lipinski definition) is 1. The van der Waals surface area contributed by atoms with Gasteiger partial charge in [-0.05, 0) is 6.07 Å². The molecule has 0 unspecified atom stereocenters. The lowest BCUT2D eigenvalue weighted by Gasteiger charge is -2.05. The molecule has 3 aromatic rings. The fraction of sp³-hybridized carbons (Fsp3) is 0.0588. The molecule has 0 amide bonds. The number of rotatable bonds is 5. The molecule has 122 valence electrons. The van der Waals surface area contributed by atoms with Crippen molar-refractivity contribution in [2.75, 3.05) is 12.5 Å². The summed E-state index contributed by atoms with van der Waals surface area (Å²) in [5, 5.41) is 6.44. The minimum absolute atomic E-state index is 0.0638. The molecule has 0 radical (unpaired) electrons. The van der Waals surface area contributed by atoms with Gasteiger partial charge in [-0.2, -0.15) is 5.10 Å². The Bertz CT molecular complexity index is 866. The molecule has 0 aliphatic heterocycles. The second-order valence-electron chi connectivity index (χ2n) is 4.78. The van der Waals surface area contributed by atoms with E-state index in [0.29, 0.717) is 5.13 Å². The van der Waals surface area contributed by atoms with Gasteiger partial charge in [0, 0.05) is 22.6 Å². The summed E-state index contributed by atoms with van der Waals surface area (Å²) < 4.78 is 31.8. The van der Waals surface area contributed by atoms with Crippen molar-refractivity contribution in [3.8, 4) is 17.0 Å². The molecular formula is C17H13F2N3OS. The summed E-state index contributed by atoms with van der Waals surface area (Å²) in [6.45, 7) is 0. The van der Waals surface area contributed by atoms with Crippen molar-refractivity contribution >= 4 is 22.7 Å². The lowest BCUT2D eigenvalue weighted by Crippen LogP contribution is -1.98. The number of benzene rings is 2. The van der Waals surface area contributed by atoms with Crippen LogP contribution in [0.5, 0.6) is 5.75 Å². The van der Waals surface area contributed by atoms with Crippen LogP contribution in [0.1, 0.15) is 5.56 Å². The second-order valence-corrected chi connectivity index (χ2v) is 5.64. The highest BCUT2D eigenvalue weighted by Gasteiger charge is 2.10. The van der Waals surface area contributed by atoms with Crippen LogP contribution < -0.4 is 10.2 Å². The predicted octanol–water partition coefficient (Wildman–Crippen LogP) is 4.54. The average molecular weight is 345 g/mol. The van der Waals surface area contributed by atoms with Gasteiger partial charge in [-0.15, -0.1) is 11.3 Å². The maximum atomic E-state index is 13.6. The SMILES string of the molecule is COc1c(F)cc(F)cc1C=NNc1nc(-c2ccccc2)cs1. The molecular weight excluding hydrogens is 332 g/mol. The summed E-state index contributed by atoms with van der Waals surface area (Å²) in [6, 6.07) is 11.6. The molecule has 0 spiro atoms. The molecule has 4 nitrogen and oxygen atoms in total. The first-order valence-electron chi connectivity index (χ1n) is 7.00. The molecule has 1 aromatic heterocycles. The molecule has 0 bridgehead atoms. The quantitative estimate of drug-likeness (QED) is 0.545. The van der Waals surface area contributed by atoms with Gasteiger partial charge in [-0.25, -0.2) is 13.8 Å². The summed E-state index contributed by atoms with van der Waals surface area (Å²) >= 11 is 1.38. The number of ether oxygens (including phenoxy) is 1. The minimum Gasteiger partial charge on any atom is -0.493 e. The normalized spacial score (nSPS) is 11.0. The van der Waals surface area contributed by atoms with E-state index < -0.39 is 11.6 Å². The number of aromatic nitrogens is 1. The molecule has 0 aliphatic carbocycles. The highest BCUT2D eigenvalue weighted by molar-refractivity contribution is 7.14. The molecule has 2 aromatic carbocycles. The molecule has 1 heterocycles. The van der Waals surface area contributed by atoms with Crippen molar-refractivity contribution in [1.82, 2.24) is 4.98 Å². The van der Waals surface area contributed by atoms with Crippen molar-refractivity contribution in [2.24, 2.45) is 5.10 Å². The molecule has 0 saturated carbocycles. The van der Waals surface area contributed by atoms with Gasteiger partial charge in [0.25, 0.3) is 0 Å². The van der Waals surface area contributed by atoms with Crippen LogP contribution in [0.15, 0.2) is 52.9 Å². The van der Waals surface area contributed by atoms with Gasteiger partial charge in [0.15, 0.2) is 11.6 Å². The molecule has 7 heteroatoms. The van der Waals surface area contributed by atoms with Crippen LogP contribution in [0.2, 0.25) is 0 Å². The molecule has 0 aliphatic rings. The summed E-state index contributed by atoms with van der Waals surface area (Å²) in [7, 11) is 1.31. The van der Waals surface area contributed by atoms with Crippen molar-refractivity contribution in [3.05, 3.63) is 65.0 Å². The molecule has 24 heavy (non-hydrogen) atoms. The molecule has 1 N–H and O–H groups in total. The third kappa shape index (κ3) is 3.57. The lowest BCUT2D eigenvalue weighted by molar-refractivity contribution is 0.383. The first kappa shape index (κ1) is 16.1. The van der Waals surface area contributed by atoms with Gasteiger partial charge in [0.2, 0.25) is 5.13 Å². The topological polar surface area (TPSA) is 46.5 Å². The van der Waals surface area contributed by atoms with Crippen molar-refractivity contribution < 1.29 is 13.5 Å². The van der Waals surface area contributed by atoms with Crippen molar-refractivity contribution in [2.45, 2.75) is 0 Å². The smallest absolute Gasteiger partial charge is 0.203 e. The first-order valence-corrected chi connectivity index (χ1v) is 7.88. The van der Waals surface area contributed by atoms with Crippen LogP contribution in [0.3, 0.4) is 0 Å². The van der Waals surface area contributed by atoms with Crippen LogP contribution in [-0.4, -0.2) is 18.3 Å². The molecule has 0 atom stereocenters. The monoisotopic (exact) mass is 345 g/mol. The largest absolute Gasteiger partial charge is 0.493 e.